The van der Waals surface area contributed by atoms with E-state index in [-0.39, 0.29) is 0 Å². The Morgan fingerprint density at radius 2 is 2.11 bits per heavy atom. The number of aromatic amines is 2. The number of fused-ring (bicyclic) bond motifs is 2. The molecule has 19 heavy (non-hydrogen) atoms. The van der Waals surface area contributed by atoms with Crippen LogP contribution in [0.3, 0.4) is 0 Å². The second-order valence-corrected chi connectivity index (χ2v) is 4.06. The third kappa shape index (κ3) is 1.61. The molecule has 3 rings (SSSR count). The van der Waals surface area contributed by atoms with Gasteiger partial charge < -0.3 is 5.32 Å². The molecular weight excluding hydrogens is 250 g/mol. The summed E-state index contributed by atoms with van der Waals surface area (Å²) >= 11 is 0. The van der Waals surface area contributed by atoms with Crippen molar-refractivity contribution in [1.82, 2.24) is 19.7 Å². The Bertz CT molecular complexity index is 918. The fraction of sp³-hybridized carbons (Fsp3) is 0.0909. The van der Waals surface area contributed by atoms with E-state index in [1.165, 1.54) is 6.07 Å². The van der Waals surface area contributed by atoms with Gasteiger partial charge in [0.2, 0.25) is 6.41 Å². The summed E-state index contributed by atoms with van der Waals surface area (Å²) in [7, 11) is 1.71. The number of carbonyl (C=O) groups excluding carboxylic acids is 1. The van der Waals surface area contributed by atoms with Crippen molar-refractivity contribution in [3.8, 4) is 0 Å². The highest BCUT2D eigenvalue weighted by Crippen LogP contribution is 2.22. The summed E-state index contributed by atoms with van der Waals surface area (Å²) in [6.07, 6.45) is 0.528. The highest BCUT2D eigenvalue weighted by molar-refractivity contribution is 5.98. The van der Waals surface area contributed by atoms with Crippen LogP contribution in [0.25, 0.3) is 21.9 Å². The van der Waals surface area contributed by atoms with Crippen LogP contribution in [0.4, 0.5) is 5.82 Å². The van der Waals surface area contributed by atoms with Crippen molar-refractivity contribution in [3.63, 3.8) is 0 Å². The van der Waals surface area contributed by atoms with Crippen molar-refractivity contribution in [1.29, 1.82) is 0 Å². The zero-order valence-corrected chi connectivity index (χ0v) is 9.85. The lowest BCUT2D eigenvalue weighted by molar-refractivity contribution is -0.105. The van der Waals surface area contributed by atoms with Crippen LogP contribution in [-0.4, -0.2) is 26.2 Å². The summed E-state index contributed by atoms with van der Waals surface area (Å²) in [6.45, 7) is 0. The third-order valence-electron chi connectivity index (χ3n) is 2.85. The van der Waals surface area contributed by atoms with Crippen LogP contribution in [0.2, 0.25) is 0 Å². The monoisotopic (exact) mass is 259 g/mol. The van der Waals surface area contributed by atoms with Crippen molar-refractivity contribution < 1.29 is 4.79 Å². The average molecular weight is 259 g/mol. The molecule has 3 heterocycles. The largest absolute Gasteiger partial charge is 0.313 e. The number of hydrogen-bond donors (Lipinski definition) is 3. The van der Waals surface area contributed by atoms with Crippen LogP contribution in [-0.2, 0) is 11.8 Å². The number of H-pyrrole nitrogens is 2. The minimum Gasteiger partial charge on any atom is -0.313 e. The molecule has 0 unspecified atom stereocenters. The second kappa shape index (κ2) is 3.80. The van der Waals surface area contributed by atoms with Crippen LogP contribution in [0, 0.1) is 0 Å². The lowest BCUT2D eigenvalue weighted by Gasteiger charge is -1.98. The summed E-state index contributed by atoms with van der Waals surface area (Å²) in [5.74, 6) is 0.438. The smallest absolute Gasteiger partial charge is 0.260 e. The molecule has 0 aliphatic rings. The number of hydrogen-bond acceptors (Lipinski definition) is 4. The number of nitrogens with zero attached hydrogens (tertiary/aromatic N) is 2. The van der Waals surface area contributed by atoms with E-state index in [1.54, 1.807) is 17.8 Å². The number of aryl methyl sites for hydroxylation is 1. The molecule has 0 fully saturated rings. The molecule has 3 N–H and O–H groups in total. The average Bonchev–Trinajstić information content (AvgIpc) is 2.65. The van der Waals surface area contributed by atoms with Gasteiger partial charge in [-0.2, -0.15) is 0 Å². The van der Waals surface area contributed by atoms with Crippen molar-refractivity contribution in [2.45, 2.75) is 0 Å². The minimum absolute atomic E-state index is 0.292. The molecule has 1 amide bonds. The number of amides is 1. The van der Waals surface area contributed by atoms with Gasteiger partial charge in [-0.1, -0.05) is 0 Å². The van der Waals surface area contributed by atoms with E-state index in [9.17, 15) is 14.4 Å². The van der Waals surface area contributed by atoms with E-state index < -0.39 is 11.1 Å². The lowest BCUT2D eigenvalue weighted by atomic mass is 10.2. The van der Waals surface area contributed by atoms with Crippen LogP contribution >= 0.6 is 0 Å². The fourth-order valence-corrected chi connectivity index (χ4v) is 2.04. The maximum atomic E-state index is 11.7. The summed E-state index contributed by atoms with van der Waals surface area (Å²) < 4.78 is 1.59. The van der Waals surface area contributed by atoms with Crippen LogP contribution in [0.5, 0.6) is 0 Å². The fourth-order valence-electron chi connectivity index (χ4n) is 2.04. The van der Waals surface area contributed by atoms with Crippen molar-refractivity contribution in [2.75, 3.05) is 5.32 Å². The molecule has 0 bridgehead atoms. The van der Waals surface area contributed by atoms with E-state index in [4.69, 9.17) is 0 Å². The molecule has 0 saturated carbocycles. The molecule has 3 aromatic rings. The van der Waals surface area contributed by atoms with Crippen molar-refractivity contribution in [2.24, 2.45) is 7.05 Å². The van der Waals surface area contributed by atoms with E-state index >= 15 is 0 Å². The van der Waals surface area contributed by atoms with Gasteiger partial charge in [0.1, 0.15) is 5.82 Å². The summed E-state index contributed by atoms with van der Waals surface area (Å²) in [5, 5.41) is 6.26. The van der Waals surface area contributed by atoms with Gasteiger partial charge >= 0.3 is 0 Å². The molecule has 8 heteroatoms. The van der Waals surface area contributed by atoms with Gasteiger partial charge in [-0.05, 0) is 6.07 Å². The molecule has 0 saturated heterocycles. The number of nitrogens with one attached hydrogen (secondary N) is 3. The Kier molecular flexibility index (Phi) is 2.24. The minimum atomic E-state index is -0.502. The normalized spacial score (nSPS) is 11.0. The summed E-state index contributed by atoms with van der Waals surface area (Å²) in [5.41, 5.74) is -0.151. The molecular formula is C11H9N5O3. The van der Waals surface area contributed by atoms with Gasteiger partial charge in [0, 0.05) is 13.1 Å². The van der Waals surface area contributed by atoms with E-state index in [0.29, 0.717) is 34.2 Å². The Morgan fingerprint density at radius 3 is 2.84 bits per heavy atom. The molecule has 0 aliphatic carbocycles. The molecule has 0 aliphatic heterocycles. The van der Waals surface area contributed by atoms with Gasteiger partial charge in [-0.3, -0.25) is 29.1 Å². The number of rotatable bonds is 2. The Morgan fingerprint density at radius 1 is 1.32 bits per heavy atom. The Labute approximate surface area is 105 Å². The Hall–Kier alpha value is -2.90. The van der Waals surface area contributed by atoms with Gasteiger partial charge in [0.15, 0.2) is 5.65 Å². The standard InChI is InChI=1S/C11H9N5O3/c1-16-10-6(9(15-16)12-4-17)2-5-7(13-10)3-8(18)14-11(5)19/h2-4,15H,1H3,(H,12,17)(H,14,18,19). The van der Waals surface area contributed by atoms with Gasteiger partial charge in [0.25, 0.3) is 11.1 Å². The first-order chi connectivity index (χ1) is 9.10. The quantitative estimate of drug-likeness (QED) is 0.547. The summed E-state index contributed by atoms with van der Waals surface area (Å²) in [4.78, 5) is 39.9. The van der Waals surface area contributed by atoms with Crippen molar-refractivity contribution >= 4 is 34.2 Å². The molecule has 96 valence electrons. The molecule has 0 aromatic carbocycles. The highest BCUT2D eigenvalue weighted by Gasteiger charge is 2.11. The lowest BCUT2D eigenvalue weighted by Crippen LogP contribution is -2.18. The topological polar surface area (TPSA) is 113 Å². The first kappa shape index (κ1) is 11.2. The molecule has 8 nitrogen and oxygen atoms in total. The Balaban J connectivity index is 2.50. The first-order valence-electron chi connectivity index (χ1n) is 5.43. The van der Waals surface area contributed by atoms with Crippen LogP contribution in [0.15, 0.2) is 21.7 Å². The number of carbonyl (C=O) groups is 1. The van der Waals surface area contributed by atoms with Crippen molar-refractivity contribution in [3.05, 3.63) is 32.8 Å². The molecule has 0 spiro atoms. The van der Waals surface area contributed by atoms with E-state index in [0.717, 1.165) is 0 Å². The third-order valence-corrected chi connectivity index (χ3v) is 2.85. The zero-order chi connectivity index (χ0) is 13.6. The van der Waals surface area contributed by atoms with Crippen LogP contribution < -0.4 is 16.4 Å². The molecule has 0 radical (unpaired) electrons. The van der Waals surface area contributed by atoms with Crippen LogP contribution in [0.1, 0.15) is 0 Å². The van der Waals surface area contributed by atoms with Gasteiger partial charge in [-0.25, -0.2) is 4.98 Å². The SMILES string of the molecule is Cn1[nH]c(NC=O)c2cc3c(=O)[nH]c(=O)cc3nc21. The highest BCUT2D eigenvalue weighted by atomic mass is 16.2. The van der Waals surface area contributed by atoms with Gasteiger partial charge in [0.05, 0.1) is 16.3 Å². The predicted molar refractivity (Wildman–Crippen MR) is 69.1 cm³/mol. The number of anilines is 1. The summed E-state index contributed by atoms with van der Waals surface area (Å²) in [6, 6.07) is 2.84. The number of aromatic nitrogens is 4. The zero-order valence-electron chi connectivity index (χ0n) is 9.85. The maximum absolute atomic E-state index is 11.7. The van der Waals surface area contributed by atoms with E-state index in [1.807, 2.05) is 0 Å². The number of pyridine rings is 2. The maximum Gasteiger partial charge on any atom is 0.260 e. The molecule has 0 atom stereocenters. The first-order valence-corrected chi connectivity index (χ1v) is 5.43. The second-order valence-electron chi connectivity index (χ2n) is 4.06. The van der Waals surface area contributed by atoms with Gasteiger partial charge in [-0.15, -0.1) is 0 Å². The molecule has 3 aromatic heterocycles. The van der Waals surface area contributed by atoms with E-state index in [2.05, 4.69) is 20.4 Å². The predicted octanol–water partition coefficient (Wildman–Crippen LogP) is -0.329.